The molecule has 1 saturated heterocycles. The Labute approximate surface area is 135 Å². The number of hydrogen-bond donors (Lipinski definition) is 2. The largest absolute Gasteiger partial charge is 0.324 e. The summed E-state index contributed by atoms with van der Waals surface area (Å²) < 4.78 is 0. The third-order valence-corrected chi connectivity index (χ3v) is 5.70. The van der Waals surface area contributed by atoms with Crippen molar-refractivity contribution in [3.8, 4) is 0 Å². The Kier molecular flexibility index (Phi) is 7.19. The lowest BCUT2D eigenvalue weighted by molar-refractivity contribution is -0.113. The summed E-state index contributed by atoms with van der Waals surface area (Å²) in [4.78, 5) is 13.2. The molecule has 0 aliphatic carbocycles. The van der Waals surface area contributed by atoms with Gasteiger partial charge in [-0.15, -0.1) is 30.1 Å². The predicted molar refractivity (Wildman–Crippen MR) is 94.3 cm³/mol. The van der Waals surface area contributed by atoms with Crippen molar-refractivity contribution in [3.05, 3.63) is 36.9 Å². The Bertz CT molecular complexity index is 473. The van der Waals surface area contributed by atoms with Gasteiger partial charge in [-0.05, 0) is 38.1 Å². The molecular formula is C16H22N2OS2. The van der Waals surface area contributed by atoms with E-state index in [0.29, 0.717) is 11.0 Å². The molecule has 21 heavy (non-hydrogen) atoms. The fourth-order valence-electron chi connectivity index (χ4n) is 2.19. The van der Waals surface area contributed by atoms with Crippen LogP contribution >= 0.6 is 23.5 Å². The fraction of sp³-hybridized carbons (Fsp3) is 0.438. The smallest absolute Gasteiger partial charge is 0.234 e. The molecule has 1 aromatic rings. The van der Waals surface area contributed by atoms with Crippen LogP contribution in [0.2, 0.25) is 0 Å². The van der Waals surface area contributed by atoms with Gasteiger partial charge in [-0.1, -0.05) is 18.2 Å². The molecule has 0 radical (unpaired) electrons. The SMILES string of the molecule is C=CCSc1ccccc1NC(=O)CSC1CCNCC1. The lowest BCUT2D eigenvalue weighted by Crippen LogP contribution is -2.30. The van der Waals surface area contributed by atoms with Gasteiger partial charge in [-0.3, -0.25) is 4.79 Å². The van der Waals surface area contributed by atoms with E-state index in [1.54, 1.807) is 23.5 Å². The summed E-state index contributed by atoms with van der Waals surface area (Å²) in [5.74, 6) is 1.46. The number of carbonyl (C=O) groups excluding carboxylic acids is 1. The average Bonchev–Trinajstić information content (AvgIpc) is 2.53. The van der Waals surface area contributed by atoms with Crippen LogP contribution in [-0.4, -0.2) is 35.8 Å². The zero-order valence-electron chi connectivity index (χ0n) is 12.1. The molecule has 2 N–H and O–H groups in total. The summed E-state index contributed by atoms with van der Waals surface area (Å²) in [6, 6.07) is 7.93. The number of benzene rings is 1. The molecular weight excluding hydrogens is 300 g/mol. The average molecular weight is 322 g/mol. The van der Waals surface area contributed by atoms with E-state index in [9.17, 15) is 4.79 Å². The molecule has 3 nitrogen and oxygen atoms in total. The number of amides is 1. The monoisotopic (exact) mass is 322 g/mol. The molecule has 1 fully saturated rings. The van der Waals surface area contributed by atoms with Gasteiger partial charge in [0, 0.05) is 15.9 Å². The van der Waals surface area contributed by atoms with Gasteiger partial charge in [0.2, 0.25) is 5.91 Å². The molecule has 2 rings (SSSR count). The second kappa shape index (κ2) is 9.18. The molecule has 1 aromatic carbocycles. The molecule has 0 aromatic heterocycles. The first-order valence-corrected chi connectivity index (χ1v) is 9.28. The van der Waals surface area contributed by atoms with Crippen LogP contribution in [0.25, 0.3) is 0 Å². The molecule has 1 aliphatic heterocycles. The minimum Gasteiger partial charge on any atom is -0.324 e. The predicted octanol–water partition coefficient (Wildman–Crippen LogP) is 3.39. The molecule has 0 atom stereocenters. The first-order chi connectivity index (χ1) is 10.3. The number of thioether (sulfide) groups is 2. The van der Waals surface area contributed by atoms with Crippen molar-refractivity contribution < 1.29 is 4.79 Å². The van der Waals surface area contributed by atoms with Gasteiger partial charge in [-0.2, -0.15) is 0 Å². The maximum atomic E-state index is 12.1. The molecule has 5 heteroatoms. The van der Waals surface area contributed by atoms with Crippen LogP contribution in [0.15, 0.2) is 41.8 Å². The van der Waals surface area contributed by atoms with Gasteiger partial charge in [-0.25, -0.2) is 0 Å². The van der Waals surface area contributed by atoms with Gasteiger partial charge in [0.1, 0.15) is 0 Å². The summed E-state index contributed by atoms with van der Waals surface area (Å²) >= 11 is 3.46. The Morgan fingerprint density at radius 2 is 2.14 bits per heavy atom. The van der Waals surface area contributed by atoms with E-state index in [1.165, 1.54) is 0 Å². The van der Waals surface area contributed by atoms with Gasteiger partial charge < -0.3 is 10.6 Å². The van der Waals surface area contributed by atoms with Crippen LogP contribution in [0.5, 0.6) is 0 Å². The number of rotatable bonds is 7. The van der Waals surface area contributed by atoms with E-state index in [1.807, 2.05) is 30.3 Å². The summed E-state index contributed by atoms with van der Waals surface area (Å²) in [5, 5.41) is 6.99. The number of nitrogens with one attached hydrogen (secondary N) is 2. The van der Waals surface area contributed by atoms with Crippen molar-refractivity contribution in [2.24, 2.45) is 0 Å². The van der Waals surface area contributed by atoms with Gasteiger partial charge >= 0.3 is 0 Å². The summed E-state index contributed by atoms with van der Waals surface area (Å²) in [7, 11) is 0. The van der Waals surface area contributed by atoms with Crippen molar-refractivity contribution in [1.29, 1.82) is 0 Å². The highest BCUT2D eigenvalue weighted by Gasteiger charge is 2.15. The summed E-state index contributed by atoms with van der Waals surface area (Å²) in [6.45, 7) is 5.87. The van der Waals surface area contributed by atoms with Gasteiger partial charge in [0.25, 0.3) is 0 Å². The minimum absolute atomic E-state index is 0.0881. The van der Waals surface area contributed by atoms with Crippen LogP contribution in [0.4, 0.5) is 5.69 Å². The van der Waals surface area contributed by atoms with Crippen LogP contribution < -0.4 is 10.6 Å². The summed E-state index contributed by atoms with van der Waals surface area (Å²) in [6.07, 6.45) is 4.18. The van der Waals surface area contributed by atoms with Crippen molar-refractivity contribution in [2.45, 2.75) is 23.0 Å². The molecule has 0 saturated carbocycles. The third kappa shape index (κ3) is 5.77. The van der Waals surface area contributed by atoms with Gasteiger partial charge in [0.05, 0.1) is 11.4 Å². The molecule has 0 spiro atoms. The Morgan fingerprint density at radius 3 is 2.90 bits per heavy atom. The van der Waals surface area contributed by atoms with Crippen LogP contribution in [-0.2, 0) is 4.79 Å². The van der Waals surface area contributed by atoms with Crippen LogP contribution in [0.3, 0.4) is 0 Å². The fourth-order valence-corrected chi connectivity index (χ4v) is 3.96. The van der Waals surface area contributed by atoms with Gasteiger partial charge in [0.15, 0.2) is 0 Å². The Morgan fingerprint density at radius 1 is 1.38 bits per heavy atom. The first kappa shape index (κ1) is 16.5. The van der Waals surface area contributed by atoms with E-state index < -0.39 is 0 Å². The van der Waals surface area contributed by atoms with Crippen LogP contribution in [0.1, 0.15) is 12.8 Å². The second-order valence-electron chi connectivity index (χ2n) is 4.90. The summed E-state index contributed by atoms with van der Waals surface area (Å²) in [5.41, 5.74) is 0.903. The normalized spacial score (nSPS) is 15.6. The zero-order valence-corrected chi connectivity index (χ0v) is 13.8. The van der Waals surface area contributed by atoms with Crippen molar-refractivity contribution >= 4 is 35.1 Å². The van der Waals surface area contributed by atoms with E-state index in [-0.39, 0.29) is 5.91 Å². The topological polar surface area (TPSA) is 41.1 Å². The zero-order chi connectivity index (χ0) is 14.9. The standard InChI is InChI=1S/C16H22N2OS2/c1-2-11-20-15-6-4-3-5-14(15)18-16(19)12-21-13-7-9-17-10-8-13/h2-6,13,17H,1,7-12H2,(H,18,19). The lowest BCUT2D eigenvalue weighted by Gasteiger charge is -2.21. The molecule has 1 amide bonds. The lowest BCUT2D eigenvalue weighted by atomic mass is 10.2. The molecule has 0 unspecified atom stereocenters. The van der Waals surface area contributed by atoms with Crippen molar-refractivity contribution in [1.82, 2.24) is 5.32 Å². The molecule has 114 valence electrons. The van der Waals surface area contributed by atoms with Crippen molar-refractivity contribution in [3.63, 3.8) is 0 Å². The number of anilines is 1. The highest BCUT2D eigenvalue weighted by molar-refractivity contribution is 8.00. The van der Waals surface area contributed by atoms with E-state index >= 15 is 0 Å². The number of para-hydroxylation sites is 1. The highest BCUT2D eigenvalue weighted by atomic mass is 32.2. The third-order valence-electron chi connectivity index (χ3n) is 3.25. The highest BCUT2D eigenvalue weighted by Crippen LogP contribution is 2.27. The maximum absolute atomic E-state index is 12.1. The van der Waals surface area contributed by atoms with E-state index in [2.05, 4.69) is 17.2 Å². The second-order valence-corrected chi connectivity index (χ2v) is 7.25. The van der Waals surface area contributed by atoms with Crippen molar-refractivity contribution in [2.75, 3.05) is 29.9 Å². The molecule has 1 aliphatic rings. The van der Waals surface area contributed by atoms with Crippen LogP contribution in [0, 0.1) is 0 Å². The maximum Gasteiger partial charge on any atom is 0.234 e. The number of hydrogen-bond acceptors (Lipinski definition) is 4. The Balaban J connectivity index is 1.82. The quantitative estimate of drug-likeness (QED) is 0.596. The Hall–Kier alpha value is -0.910. The number of piperidine rings is 1. The van der Waals surface area contributed by atoms with E-state index in [4.69, 9.17) is 0 Å². The minimum atomic E-state index is 0.0881. The first-order valence-electron chi connectivity index (χ1n) is 7.24. The number of carbonyl (C=O) groups is 1. The molecule has 1 heterocycles. The van der Waals surface area contributed by atoms with E-state index in [0.717, 1.165) is 42.3 Å². The molecule has 0 bridgehead atoms.